The molecule has 1 unspecified atom stereocenters. The Labute approximate surface area is 343 Å². The average molecular weight is 869 g/mol. The number of likely N-dealkylation sites (tertiary alicyclic amines) is 1. The van der Waals surface area contributed by atoms with Crippen LogP contribution in [0, 0.1) is 11.7 Å². The van der Waals surface area contributed by atoms with Crippen LogP contribution in [0.4, 0.5) is 45.1 Å². The second-order valence-corrected chi connectivity index (χ2v) is 18.2. The van der Waals surface area contributed by atoms with Crippen molar-refractivity contribution in [3.05, 3.63) is 64.6 Å². The number of hydrogen-bond acceptors (Lipinski definition) is 11. The van der Waals surface area contributed by atoms with Crippen molar-refractivity contribution >= 4 is 56.6 Å². The smallest absolute Gasteiger partial charge is 0.390 e. The van der Waals surface area contributed by atoms with Crippen molar-refractivity contribution < 1.29 is 45.1 Å². The molecule has 5 heterocycles. The van der Waals surface area contributed by atoms with E-state index in [1.54, 1.807) is 19.1 Å². The summed E-state index contributed by atoms with van der Waals surface area (Å²) >= 11 is 6.43. The molecule has 2 amide bonds. The van der Waals surface area contributed by atoms with E-state index in [4.69, 9.17) is 11.6 Å². The number of carbonyl (C=O) groups excluding carboxylic acids is 2. The van der Waals surface area contributed by atoms with Crippen molar-refractivity contribution in [3.8, 4) is 0 Å². The fraction of sp³-hybridized carbons (Fsp3) is 0.538. The highest BCUT2D eigenvalue weighted by Crippen LogP contribution is 2.38. The third-order valence-electron chi connectivity index (χ3n) is 11.7. The molecule has 0 saturated carbocycles. The number of aromatic nitrogens is 2. The molecule has 4 N–H and O–H groups in total. The molecule has 0 radical (unpaired) electrons. The first kappa shape index (κ1) is 42.9. The van der Waals surface area contributed by atoms with Crippen LogP contribution in [-0.4, -0.2) is 104 Å². The lowest BCUT2D eigenvalue weighted by molar-refractivity contribution is -0.138. The summed E-state index contributed by atoms with van der Waals surface area (Å²) in [6, 6.07) is 7.49. The molecule has 4 saturated heterocycles. The minimum atomic E-state index is -4.73. The molecule has 4 aliphatic heterocycles. The van der Waals surface area contributed by atoms with Crippen LogP contribution in [-0.2, 0) is 25.8 Å². The van der Waals surface area contributed by atoms with Crippen molar-refractivity contribution in [1.29, 1.82) is 0 Å². The Morgan fingerprint density at radius 3 is 2.37 bits per heavy atom. The zero-order valence-electron chi connectivity index (χ0n) is 32.2. The lowest BCUT2D eigenvalue weighted by Crippen LogP contribution is -2.53. The zero-order chi connectivity index (χ0) is 42.3. The number of nitrogens with one attached hydrogen (secondary N) is 3. The maximum atomic E-state index is 15.5. The van der Waals surface area contributed by atoms with E-state index >= 15 is 8.78 Å². The summed E-state index contributed by atoms with van der Waals surface area (Å²) in [5.41, 5.74) is -0.930. The number of sulfonamides is 1. The summed E-state index contributed by atoms with van der Waals surface area (Å²) in [5.74, 6) is -2.08. The van der Waals surface area contributed by atoms with Crippen LogP contribution >= 0.6 is 11.6 Å². The largest absolute Gasteiger partial charge is 0.421 e. The normalized spacial score (nSPS) is 23.6. The van der Waals surface area contributed by atoms with Crippen LogP contribution < -0.4 is 25.2 Å². The van der Waals surface area contributed by atoms with Crippen LogP contribution in [0.25, 0.3) is 0 Å². The molecular formula is C39H46ClF5N8O5S. The first-order chi connectivity index (χ1) is 27.8. The van der Waals surface area contributed by atoms with Gasteiger partial charge in [0.25, 0.3) is 0 Å². The summed E-state index contributed by atoms with van der Waals surface area (Å²) in [6.07, 6.45) is -2.82. The maximum Gasteiger partial charge on any atom is 0.421 e. The number of carbonyl (C=O) groups is 2. The molecular weight excluding hydrogens is 823 g/mol. The monoisotopic (exact) mass is 868 g/mol. The second-order valence-electron chi connectivity index (χ2n) is 16.1. The van der Waals surface area contributed by atoms with Gasteiger partial charge in [0, 0.05) is 51.9 Å². The predicted molar refractivity (Wildman–Crippen MR) is 210 cm³/mol. The molecule has 0 aliphatic carbocycles. The number of aliphatic hydroxyl groups is 1. The van der Waals surface area contributed by atoms with Gasteiger partial charge in [0.2, 0.25) is 27.8 Å². The molecule has 0 spiro atoms. The van der Waals surface area contributed by atoms with Crippen LogP contribution in [0.5, 0.6) is 0 Å². The molecule has 1 aromatic heterocycles. The van der Waals surface area contributed by atoms with Crippen molar-refractivity contribution in [2.75, 3.05) is 60.9 Å². The first-order valence-electron chi connectivity index (χ1n) is 19.6. The second kappa shape index (κ2) is 17.1. The van der Waals surface area contributed by atoms with Gasteiger partial charge < -0.3 is 25.1 Å². The van der Waals surface area contributed by atoms with Crippen molar-refractivity contribution in [2.24, 2.45) is 5.92 Å². The van der Waals surface area contributed by atoms with E-state index in [1.165, 1.54) is 23.1 Å². The Bertz CT molecular complexity index is 2160. The lowest BCUT2D eigenvalue weighted by Gasteiger charge is -2.39. The highest BCUT2D eigenvalue weighted by atomic mass is 35.5. The number of imide groups is 1. The van der Waals surface area contributed by atoms with Crippen LogP contribution in [0.2, 0.25) is 5.02 Å². The van der Waals surface area contributed by atoms with Gasteiger partial charge in [0.1, 0.15) is 23.4 Å². The Morgan fingerprint density at radius 1 is 1.00 bits per heavy atom. The van der Waals surface area contributed by atoms with E-state index in [0.717, 1.165) is 18.9 Å². The van der Waals surface area contributed by atoms with Crippen LogP contribution in [0.15, 0.2) is 47.5 Å². The van der Waals surface area contributed by atoms with E-state index in [-0.39, 0.29) is 84.5 Å². The summed E-state index contributed by atoms with van der Waals surface area (Å²) < 4.78 is 102. The van der Waals surface area contributed by atoms with Gasteiger partial charge in [0.15, 0.2) is 0 Å². The number of anilines is 4. The topological polar surface area (TPSA) is 160 Å². The zero-order valence-corrected chi connectivity index (χ0v) is 33.8. The summed E-state index contributed by atoms with van der Waals surface area (Å²) in [4.78, 5) is 36.8. The quantitative estimate of drug-likeness (QED) is 0.150. The summed E-state index contributed by atoms with van der Waals surface area (Å²) in [7, 11) is -4.23. The fourth-order valence-electron chi connectivity index (χ4n) is 8.22. The summed E-state index contributed by atoms with van der Waals surface area (Å²) in [6.45, 7) is 4.19. The maximum absolute atomic E-state index is 15.5. The Kier molecular flexibility index (Phi) is 12.4. The van der Waals surface area contributed by atoms with E-state index in [1.807, 2.05) is 9.80 Å². The number of hydrogen-bond donors (Lipinski definition) is 4. The Hall–Kier alpha value is -4.17. The molecule has 3 aromatic rings. The molecule has 4 fully saturated rings. The van der Waals surface area contributed by atoms with Crippen molar-refractivity contribution in [3.63, 3.8) is 0 Å². The van der Waals surface area contributed by atoms with Gasteiger partial charge in [-0.3, -0.25) is 14.9 Å². The average Bonchev–Trinajstić information content (AvgIpc) is 3.16. The lowest BCUT2D eigenvalue weighted by atomic mass is 9.90. The fourth-order valence-corrected chi connectivity index (χ4v) is 9.84. The van der Waals surface area contributed by atoms with Crippen LogP contribution in [0.1, 0.15) is 68.9 Å². The number of alkyl halides is 4. The standard InChI is InChI=1S/C39H46ClF5N8O5S/c1-38(56)11-16-53(17-12-38)35-27(39(43,44)45)20-46-37(49-35)47-31-5-3-25(19-28(31)40)59(57,58)50-32-10-13-51(22-30(32)42)21-23-8-14-52(15-9-23)33-6-2-24(18-29(33)41)26-4-7-34(54)48-36(26)55/h2-3,5-6,18-20,23,26,30,32,50,56H,4,7-17,21-22H2,1H3,(H,46,47,49)(H,48,54,55)/t26?,30-,32+/m0/s1. The SMILES string of the molecule is CC1(O)CCN(c2nc(Nc3ccc(S(=O)(=O)N[C@@H]4CCN(CC5CCN(c6ccc(C7CCC(=O)NC7=O)cc6F)CC5)C[C@@H]4F)cc3Cl)ncc2C(F)(F)F)CC1. The minimum Gasteiger partial charge on any atom is -0.390 e. The van der Waals surface area contributed by atoms with Gasteiger partial charge in [-0.15, -0.1) is 0 Å². The van der Waals surface area contributed by atoms with Gasteiger partial charge >= 0.3 is 6.18 Å². The molecule has 0 bridgehead atoms. The number of rotatable bonds is 10. The highest BCUT2D eigenvalue weighted by molar-refractivity contribution is 7.89. The Balaban J connectivity index is 0.906. The number of amides is 2. The molecule has 4 aliphatic rings. The molecule has 320 valence electrons. The highest BCUT2D eigenvalue weighted by Gasteiger charge is 2.39. The van der Waals surface area contributed by atoms with E-state index in [9.17, 15) is 36.3 Å². The molecule has 13 nitrogen and oxygen atoms in total. The van der Waals surface area contributed by atoms with E-state index in [2.05, 4.69) is 25.3 Å². The Morgan fingerprint density at radius 2 is 1.73 bits per heavy atom. The number of piperidine rings is 4. The molecule has 2 aromatic carbocycles. The molecule has 7 rings (SSSR count). The minimum absolute atomic E-state index is 0.0271. The van der Waals surface area contributed by atoms with Crippen LogP contribution in [0.3, 0.4) is 0 Å². The number of halogens is 6. The number of nitrogens with zero attached hydrogens (tertiary/aromatic N) is 5. The molecule has 20 heteroatoms. The van der Waals surface area contributed by atoms with Gasteiger partial charge in [-0.05, 0) is 93.8 Å². The molecule has 3 atom stereocenters. The van der Waals surface area contributed by atoms with Gasteiger partial charge in [-0.2, -0.15) is 18.2 Å². The first-order valence-corrected chi connectivity index (χ1v) is 21.5. The third kappa shape index (κ3) is 10.1. The van der Waals surface area contributed by atoms with E-state index < -0.39 is 57.2 Å². The predicted octanol–water partition coefficient (Wildman–Crippen LogP) is 5.51. The van der Waals surface area contributed by atoms with Gasteiger partial charge in [-0.25, -0.2) is 26.9 Å². The van der Waals surface area contributed by atoms with Gasteiger partial charge in [-0.1, -0.05) is 17.7 Å². The van der Waals surface area contributed by atoms with Crippen molar-refractivity contribution in [2.45, 2.75) is 86.7 Å². The summed E-state index contributed by atoms with van der Waals surface area (Å²) in [5, 5.41) is 15.3. The number of benzene rings is 2. The molecule has 59 heavy (non-hydrogen) atoms. The van der Waals surface area contributed by atoms with Gasteiger partial charge in [0.05, 0.1) is 38.9 Å². The van der Waals surface area contributed by atoms with E-state index in [0.29, 0.717) is 50.0 Å². The van der Waals surface area contributed by atoms with Crippen molar-refractivity contribution in [1.82, 2.24) is 24.9 Å². The third-order valence-corrected chi connectivity index (χ3v) is 13.5.